The SMILES string of the molecule is C#CCN1CCN(CC2(CO)COC2)CC1. The van der Waals surface area contributed by atoms with E-state index in [0.29, 0.717) is 13.2 Å². The van der Waals surface area contributed by atoms with E-state index in [2.05, 4.69) is 15.7 Å². The van der Waals surface area contributed by atoms with Gasteiger partial charge in [0.05, 0.1) is 31.8 Å². The van der Waals surface area contributed by atoms with Crippen LogP contribution in [-0.4, -0.2) is 74.0 Å². The van der Waals surface area contributed by atoms with E-state index in [-0.39, 0.29) is 12.0 Å². The van der Waals surface area contributed by atoms with Crippen molar-refractivity contribution in [2.24, 2.45) is 5.41 Å². The molecule has 0 unspecified atom stereocenters. The first kappa shape index (κ1) is 11.9. The lowest BCUT2D eigenvalue weighted by Gasteiger charge is -2.45. The lowest BCUT2D eigenvalue weighted by Crippen LogP contribution is -2.56. The van der Waals surface area contributed by atoms with Crippen molar-refractivity contribution in [2.75, 3.05) is 59.1 Å². The Morgan fingerprint density at radius 2 is 1.81 bits per heavy atom. The van der Waals surface area contributed by atoms with Crippen molar-refractivity contribution in [2.45, 2.75) is 0 Å². The van der Waals surface area contributed by atoms with Crippen molar-refractivity contribution in [3.63, 3.8) is 0 Å². The van der Waals surface area contributed by atoms with Crippen molar-refractivity contribution >= 4 is 0 Å². The highest BCUT2D eigenvalue weighted by atomic mass is 16.5. The van der Waals surface area contributed by atoms with Gasteiger partial charge in [-0.05, 0) is 0 Å². The van der Waals surface area contributed by atoms with E-state index >= 15 is 0 Å². The number of terminal acetylenes is 1. The summed E-state index contributed by atoms with van der Waals surface area (Å²) >= 11 is 0. The van der Waals surface area contributed by atoms with Crippen LogP contribution in [0, 0.1) is 17.8 Å². The highest BCUT2D eigenvalue weighted by molar-refractivity contribution is 4.92. The first-order chi connectivity index (χ1) is 7.78. The average molecular weight is 224 g/mol. The molecule has 0 aromatic rings. The molecule has 0 spiro atoms. The molecule has 0 radical (unpaired) electrons. The Kier molecular flexibility index (Phi) is 3.82. The van der Waals surface area contributed by atoms with E-state index in [4.69, 9.17) is 11.2 Å². The lowest BCUT2D eigenvalue weighted by atomic mass is 9.86. The Morgan fingerprint density at radius 3 is 2.25 bits per heavy atom. The Hall–Kier alpha value is -0.600. The van der Waals surface area contributed by atoms with Crippen LogP contribution in [-0.2, 0) is 4.74 Å². The number of aliphatic hydroxyl groups excluding tert-OH is 1. The van der Waals surface area contributed by atoms with E-state index in [0.717, 1.165) is 39.3 Å². The molecule has 2 heterocycles. The standard InChI is InChI=1S/C12H20N2O2/c1-2-3-13-4-6-14(7-5-13)8-12(9-15)10-16-11-12/h1,15H,3-11H2. The van der Waals surface area contributed by atoms with E-state index in [1.807, 2.05) is 0 Å². The van der Waals surface area contributed by atoms with Crippen LogP contribution in [0.3, 0.4) is 0 Å². The summed E-state index contributed by atoms with van der Waals surface area (Å²) in [6, 6.07) is 0. The highest BCUT2D eigenvalue weighted by Crippen LogP contribution is 2.28. The van der Waals surface area contributed by atoms with Gasteiger partial charge in [0.25, 0.3) is 0 Å². The molecule has 0 amide bonds. The maximum Gasteiger partial charge on any atom is 0.0599 e. The van der Waals surface area contributed by atoms with Gasteiger partial charge in [0, 0.05) is 32.7 Å². The molecule has 0 atom stereocenters. The van der Waals surface area contributed by atoms with E-state index in [9.17, 15) is 5.11 Å². The van der Waals surface area contributed by atoms with Gasteiger partial charge in [0.2, 0.25) is 0 Å². The number of hydrogen-bond donors (Lipinski definition) is 1. The number of hydrogen-bond acceptors (Lipinski definition) is 4. The van der Waals surface area contributed by atoms with Crippen molar-refractivity contribution in [1.82, 2.24) is 9.80 Å². The molecule has 2 saturated heterocycles. The summed E-state index contributed by atoms with van der Waals surface area (Å²) in [5.41, 5.74) is 0.00822. The number of aliphatic hydroxyl groups is 1. The summed E-state index contributed by atoms with van der Waals surface area (Å²) in [5, 5.41) is 9.36. The molecular weight excluding hydrogens is 204 g/mol. The third-order valence-corrected chi connectivity index (χ3v) is 3.49. The van der Waals surface area contributed by atoms with Gasteiger partial charge >= 0.3 is 0 Å². The van der Waals surface area contributed by atoms with E-state index in [1.165, 1.54) is 0 Å². The monoisotopic (exact) mass is 224 g/mol. The molecule has 90 valence electrons. The maximum absolute atomic E-state index is 9.36. The lowest BCUT2D eigenvalue weighted by molar-refractivity contribution is -0.150. The summed E-state index contributed by atoms with van der Waals surface area (Å²) in [6.45, 7) is 7.50. The minimum atomic E-state index is 0.00822. The van der Waals surface area contributed by atoms with Crippen LogP contribution in [0.4, 0.5) is 0 Å². The second-order valence-corrected chi connectivity index (χ2v) is 4.91. The molecule has 2 rings (SSSR count). The fourth-order valence-corrected chi connectivity index (χ4v) is 2.33. The fourth-order valence-electron chi connectivity index (χ4n) is 2.33. The fraction of sp³-hybridized carbons (Fsp3) is 0.833. The van der Waals surface area contributed by atoms with Gasteiger partial charge in [-0.25, -0.2) is 0 Å². The molecular formula is C12H20N2O2. The van der Waals surface area contributed by atoms with Crippen LogP contribution in [0.15, 0.2) is 0 Å². The number of ether oxygens (including phenoxy) is 1. The molecule has 0 saturated carbocycles. The predicted molar refractivity (Wildman–Crippen MR) is 62.1 cm³/mol. The Morgan fingerprint density at radius 1 is 1.19 bits per heavy atom. The maximum atomic E-state index is 9.36. The van der Waals surface area contributed by atoms with Gasteiger partial charge in [-0.15, -0.1) is 6.42 Å². The van der Waals surface area contributed by atoms with Gasteiger partial charge in [0.15, 0.2) is 0 Å². The number of nitrogens with zero attached hydrogens (tertiary/aromatic N) is 2. The first-order valence-corrected chi connectivity index (χ1v) is 5.85. The third kappa shape index (κ3) is 2.55. The quantitative estimate of drug-likeness (QED) is 0.637. The largest absolute Gasteiger partial charge is 0.396 e. The molecule has 0 aromatic heterocycles. The molecule has 4 heteroatoms. The van der Waals surface area contributed by atoms with Crippen molar-refractivity contribution in [3.05, 3.63) is 0 Å². The molecule has 2 fully saturated rings. The Labute approximate surface area is 97.2 Å². The van der Waals surface area contributed by atoms with Crippen LogP contribution in [0.2, 0.25) is 0 Å². The minimum absolute atomic E-state index is 0.00822. The second-order valence-electron chi connectivity index (χ2n) is 4.91. The zero-order chi connectivity index (χ0) is 11.4. The predicted octanol–water partition coefficient (Wildman–Crippen LogP) is -0.754. The van der Waals surface area contributed by atoms with Crippen LogP contribution in [0.5, 0.6) is 0 Å². The van der Waals surface area contributed by atoms with Crippen molar-refractivity contribution in [3.8, 4) is 12.3 Å². The second kappa shape index (κ2) is 5.15. The summed E-state index contributed by atoms with van der Waals surface area (Å²) < 4.78 is 5.21. The summed E-state index contributed by atoms with van der Waals surface area (Å²) in [7, 11) is 0. The summed E-state index contributed by atoms with van der Waals surface area (Å²) in [6.07, 6.45) is 5.29. The van der Waals surface area contributed by atoms with E-state index < -0.39 is 0 Å². The van der Waals surface area contributed by atoms with Crippen LogP contribution in [0.1, 0.15) is 0 Å². The minimum Gasteiger partial charge on any atom is -0.396 e. The zero-order valence-electron chi connectivity index (χ0n) is 9.69. The average Bonchev–Trinajstić information content (AvgIpc) is 2.26. The smallest absolute Gasteiger partial charge is 0.0599 e. The molecule has 0 bridgehead atoms. The van der Waals surface area contributed by atoms with Crippen LogP contribution >= 0.6 is 0 Å². The van der Waals surface area contributed by atoms with Crippen molar-refractivity contribution < 1.29 is 9.84 Å². The van der Waals surface area contributed by atoms with Crippen molar-refractivity contribution in [1.29, 1.82) is 0 Å². The zero-order valence-corrected chi connectivity index (χ0v) is 9.69. The van der Waals surface area contributed by atoms with Gasteiger partial charge in [0.1, 0.15) is 0 Å². The molecule has 16 heavy (non-hydrogen) atoms. The molecule has 2 aliphatic rings. The first-order valence-electron chi connectivity index (χ1n) is 5.85. The van der Waals surface area contributed by atoms with Gasteiger partial charge in [-0.2, -0.15) is 0 Å². The summed E-state index contributed by atoms with van der Waals surface area (Å²) in [5.74, 6) is 2.68. The van der Waals surface area contributed by atoms with Gasteiger partial charge in [-0.3, -0.25) is 9.80 Å². The van der Waals surface area contributed by atoms with E-state index in [1.54, 1.807) is 0 Å². The summed E-state index contributed by atoms with van der Waals surface area (Å²) in [4.78, 5) is 4.70. The topological polar surface area (TPSA) is 35.9 Å². The van der Waals surface area contributed by atoms with Crippen LogP contribution in [0.25, 0.3) is 0 Å². The highest BCUT2D eigenvalue weighted by Gasteiger charge is 2.39. The number of rotatable bonds is 4. The Balaban J connectivity index is 1.75. The molecule has 0 aliphatic carbocycles. The molecule has 4 nitrogen and oxygen atoms in total. The number of piperazine rings is 1. The van der Waals surface area contributed by atoms with Crippen LogP contribution < -0.4 is 0 Å². The third-order valence-electron chi connectivity index (χ3n) is 3.49. The molecule has 2 aliphatic heterocycles. The van der Waals surface area contributed by atoms with Gasteiger partial charge < -0.3 is 9.84 Å². The Bertz CT molecular complexity index is 257. The normalized spacial score (nSPS) is 26.0. The van der Waals surface area contributed by atoms with Gasteiger partial charge in [-0.1, -0.05) is 5.92 Å². The molecule has 0 aromatic carbocycles. The molecule has 1 N–H and O–H groups in total.